The Hall–Kier alpha value is -1.17. The Kier molecular flexibility index (Phi) is 3.05. The van der Waals surface area contributed by atoms with Crippen LogP contribution in [0.1, 0.15) is 25.3 Å². The Labute approximate surface area is 86.2 Å². The maximum absolute atomic E-state index is 11.0. The number of nitrogens with zero attached hydrogens (tertiary/aromatic N) is 2. The molecule has 78 valence electrons. The molecule has 0 spiro atoms. The molecule has 1 rings (SSSR count). The lowest BCUT2D eigenvalue weighted by atomic mass is 10.00. The van der Waals surface area contributed by atoms with Gasteiger partial charge in [-0.25, -0.2) is 4.79 Å². The van der Waals surface area contributed by atoms with E-state index in [4.69, 9.17) is 5.11 Å². The van der Waals surface area contributed by atoms with E-state index in [-0.39, 0.29) is 0 Å². The summed E-state index contributed by atoms with van der Waals surface area (Å²) in [7, 11) is 0. The summed E-state index contributed by atoms with van der Waals surface area (Å²) in [5.41, 5.74) is -0.966. The van der Waals surface area contributed by atoms with E-state index in [1.165, 1.54) is 11.3 Å². The van der Waals surface area contributed by atoms with Gasteiger partial charge < -0.3 is 10.4 Å². The summed E-state index contributed by atoms with van der Waals surface area (Å²) in [4.78, 5) is 11.0. The van der Waals surface area contributed by atoms with Gasteiger partial charge in [-0.2, -0.15) is 0 Å². The fourth-order valence-electron chi connectivity index (χ4n) is 0.876. The van der Waals surface area contributed by atoms with Gasteiger partial charge in [-0.15, -0.1) is 10.2 Å². The molecule has 2 N–H and O–H groups in total. The molecule has 0 aromatic carbocycles. The second-order valence-electron chi connectivity index (χ2n) is 3.24. The molecular formula is C8H13N3O2S. The summed E-state index contributed by atoms with van der Waals surface area (Å²) < 4.78 is 0. The molecule has 0 saturated heterocycles. The van der Waals surface area contributed by atoms with Gasteiger partial charge in [0.15, 0.2) is 0 Å². The van der Waals surface area contributed by atoms with E-state index >= 15 is 0 Å². The number of aryl methyl sites for hydroxylation is 1. The predicted molar refractivity (Wildman–Crippen MR) is 54.6 cm³/mol. The normalized spacial score (nSPS) is 14.8. The van der Waals surface area contributed by atoms with Crippen molar-refractivity contribution in [2.45, 2.75) is 32.7 Å². The van der Waals surface area contributed by atoms with Crippen molar-refractivity contribution in [2.24, 2.45) is 0 Å². The molecule has 1 heterocycles. The quantitative estimate of drug-likeness (QED) is 0.796. The van der Waals surface area contributed by atoms with E-state index in [1.54, 1.807) is 6.92 Å². The van der Waals surface area contributed by atoms with Crippen molar-refractivity contribution in [1.82, 2.24) is 10.2 Å². The number of carboxylic acid groups (broad SMARTS) is 1. The zero-order chi connectivity index (χ0) is 10.8. The third kappa shape index (κ3) is 2.20. The van der Waals surface area contributed by atoms with Gasteiger partial charge in [-0.05, 0) is 20.3 Å². The van der Waals surface area contributed by atoms with Crippen LogP contribution in [0.5, 0.6) is 0 Å². The second-order valence-corrected chi connectivity index (χ2v) is 4.42. The number of hydrogen-bond donors (Lipinski definition) is 2. The monoisotopic (exact) mass is 215 g/mol. The number of aromatic nitrogens is 2. The fraction of sp³-hybridized carbons (Fsp3) is 0.625. The third-order valence-electron chi connectivity index (χ3n) is 2.09. The van der Waals surface area contributed by atoms with Crippen LogP contribution in [0.25, 0.3) is 0 Å². The van der Waals surface area contributed by atoms with Crippen LogP contribution >= 0.6 is 11.3 Å². The van der Waals surface area contributed by atoms with Gasteiger partial charge >= 0.3 is 5.97 Å². The van der Waals surface area contributed by atoms with E-state index in [2.05, 4.69) is 15.5 Å². The Morgan fingerprint density at radius 3 is 2.64 bits per heavy atom. The Bertz CT molecular complexity index is 339. The number of carboxylic acids is 1. The molecule has 5 nitrogen and oxygen atoms in total. The first kappa shape index (κ1) is 10.9. The van der Waals surface area contributed by atoms with E-state index in [9.17, 15) is 4.79 Å². The van der Waals surface area contributed by atoms with Gasteiger partial charge in [0.2, 0.25) is 5.13 Å². The van der Waals surface area contributed by atoms with Crippen LogP contribution in [0.4, 0.5) is 5.13 Å². The van der Waals surface area contributed by atoms with Crippen LogP contribution in [0.15, 0.2) is 0 Å². The smallest absolute Gasteiger partial charge is 0.329 e. The summed E-state index contributed by atoms with van der Waals surface area (Å²) in [5.74, 6) is -0.882. The van der Waals surface area contributed by atoms with Crippen LogP contribution < -0.4 is 5.32 Å². The molecule has 6 heteroatoms. The maximum Gasteiger partial charge on any atom is 0.329 e. The Morgan fingerprint density at radius 1 is 1.64 bits per heavy atom. The average molecular weight is 215 g/mol. The van der Waals surface area contributed by atoms with Gasteiger partial charge in [0.25, 0.3) is 0 Å². The highest BCUT2D eigenvalue weighted by molar-refractivity contribution is 7.15. The molecule has 0 aliphatic heterocycles. The first-order valence-electron chi connectivity index (χ1n) is 4.29. The molecule has 0 amide bonds. The number of nitrogens with one attached hydrogen (secondary N) is 1. The summed E-state index contributed by atoms with van der Waals surface area (Å²) in [6, 6.07) is 0. The molecule has 0 bridgehead atoms. The molecule has 1 aromatic rings. The van der Waals surface area contributed by atoms with Crippen LogP contribution in [-0.4, -0.2) is 26.8 Å². The highest BCUT2D eigenvalue weighted by atomic mass is 32.1. The number of anilines is 1. The van der Waals surface area contributed by atoms with Crippen molar-refractivity contribution in [3.05, 3.63) is 5.01 Å². The van der Waals surface area contributed by atoms with Crippen molar-refractivity contribution in [3.8, 4) is 0 Å². The zero-order valence-corrected chi connectivity index (χ0v) is 9.18. The number of hydrogen-bond acceptors (Lipinski definition) is 5. The molecule has 1 aromatic heterocycles. The van der Waals surface area contributed by atoms with E-state index < -0.39 is 11.5 Å². The minimum atomic E-state index is -0.966. The molecule has 0 fully saturated rings. The minimum Gasteiger partial charge on any atom is -0.480 e. The topological polar surface area (TPSA) is 75.1 Å². The molecule has 0 saturated carbocycles. The number of rotatable bonds is 4. The number of aliphatic carboxylic acids is 1. The van der Waals surface area contributed by atoms with Gasteiger partial charge in [0.1, 0.15) is 10.5 Å². The standard InChI is InChI=1S/C8H13N3O2S/c1-4-8(3,6(12)13)9-7-11-10-5(2)14-7/h4H2,1-3H3,(H,9,11)(H,12,13). The predicted octanol–water partition coefficient (Wildman–Crippen LogP) is 1.51. The highest BCUT2D eigenvalue weighted by Crippen LogP contribution is 2.21. The first-order chi connectivity index (χ1) is 6.48. The molecular weight excluding hydrogens is 202 g/mol. The Balaban J connectivity index is 2.80. The largest absolute Gasteiger partial charge is 0.480 e. The molecule has 0 aliphatic rings. The van der Waals surface area contributed by atoms with Crippen molar-refractivity contribution in [2.75, 3.05) is 5.32 Å². The molecule has 1 atom stereocenters. The highest BCUT2D eigenvalue weighted by Gasteiger charge is 2.31. The van der Waals surface area contributed by atoms with Crippen LogP contribution in [0.3, 0.4) is 0 Å². The summed E-state index contributed by atoms with van der Waals surface area (Å²) in [6.45, 7) is 5.27. The van der Waals surface area contributed by atoms with E-state index in [0.717, 1.165) is 5.01 Å². The van der Waals surface area contributed by atoms with Gasteiger partial charge in [0.05, 0.1) is 0 Å². The zero-order valence-electron chi connectivity index (χ0n) is 8.37. The lowest BCUT2D eigenvalue weighted by Crippen LogP contribution is -2.42. The van der Waals surface area contributed by atoms with Crippen LogP contribution in [0.2, 0.25) is 0 Å². The maximum atomic E-state index is 11.0. The SMILES string of the molecule is CCC(C)(Nc1nnc(C)s1)C(=O)O. The van der Waals surface area contributed by atoms with Gasteiger partial charge in [-0.1, -0.05) is 18.3 Å². The third-order valence-corrected chi connectivity index (χ3v) is 2.84. The first-order valence-corrected chi connectivity index (χ1v) is 5.11. The lowest BCUT2D eigenvalue weighted by molar-refractivity contribution is -0.141. The lowest BCUT2D eigenvalue weighted by Gasteiger charge is -2.23. The fourth-order valence-corrected chi connectivity index (χ4v) is 1.60. The summed E-state index contributed by atoms with van der Waals surface area (Å²) in [5, 5.41) is 20.9. The minimum absolute atomic E-state index is 0.487. The van der Waals surface area contributed by atoms with E-state index in [1.807, 2.05) is 13.8 Å². The Morgan fingerprint density at radius 2 is 2.29 bits per heavy atom. The number of carbonyl (C=O) groups is 1. The van der Waals surface area contributed by atoms with E-state index in [0.29, 0.717) is 11.6 Å². The molecule has 1 unspecified atom stereocenters. The molecule has 0 aliphatic carbocycles. The van der Waals surface area contributed by atoms with Crippen molar-refractivity contribution >= 4 is 22.4 Å². The van der Waals surface area contributed by atoms with Crippen molar-refractivity contribution in [3.63, 3.8) is 0 Å². The molecule has 14 heavy (non-hydrogen) atoms. The summed E-state index contributed by atoms with van der Waals surface area (Å²) in [6.07, 6.45) is 0.487. The van der Waals surface area contributed by atoms with Gasteiger partial charge in [0, 0.05) is 0 Å². The molecule has 0 radical (unpaired) electrons. The van der Waals surface area contributed by atoms with Crippen molar-refractivity contribution < 1.29 is 9.90 Å². The van der Waals surface area contributed by atoms with Crippen molar-refractivity contribution in [1.29, 1.82) is 0 Å². The summed E-state index contributed by atoms with van der Waals surface area (Å²) >= 11 is 1.35. The van der Waals surface area contributed by atoms with Crippen LogP contribution in [-0.2, 0) is 4.79 Å². The van der Waals surface area contributed by atoms with Crippen LogP contribution in [0, 0.1) is 6.92 Å². The second kappa shape index (κ2) is 3.91. The van der Waals surface area contributed by atoms with Gasteiger partial charge in [-0.3, -0.25) is 0 Å². The average Bonchev–Trinajstić information content (AvgIpc) is 2.50.